The Morgan fingerprint density at radius 3 is 2.30 bits per heavy atom. The molecule has 1 heterocycles. The third-order valence-corrected chi connectivity index (χ3v) is 3.96. The van der Waals surface area contributed by atoms with Gasteiger partial charge >= 0.3 is 5.69 Å². The van der Waals surface area contributed by atoms with Crippen molar-refractivity contribution in [2.24, 2.45) is 0 Å². The molecule has 0 aliphatic rings. The maximum absolute atomic E-state index is 12.5. The number of benzene rings is 1. The molecule has 2 aromatic rings. The van der Waals surface area contributed by atoms with E-state index in [9.17, 15) is 9.59 Å². The summed E-state index contributed by atoms with van der Waals surface area (Å²) in [5.74, 6) is 0. The maximum Gasteiger partial charge on any atom is 0.334 e. The summed E-state index contributed by atoms with van der Waals surface area (Å²) in [7, 11) is 0. The van der Waals surface area contributed by atoms with Gasteiger partial charge in [0.1, 0.15) is 5.15 Å². The zero-order valence-corrected chi connectivity index (χ0v) is 13.7. The lowest BCUT2D eigenvalue weighted by Gasteiger charge is -2.13. The lowest BCUT2D eigenvalue weighted by molar-refractivity contribution is 0.831. The van der Waals surface area contributed by atoms with E-state index in [1.165, 1.54) is 0 Å². The van der Waals surface area contributed by atoms with E-state index in [0.29, 0.717) is 17.7 Å². The molecule has 20 heavy (non-hydrogen) atoms. The second-order valence-electron chi connectivity index (χ2n) is 4.60. The van der Waals surface area contributed by atoms with Gasteiger partial charge in [-0.2, -0.15) is 0 Å². The van der Waals surface area contributed by atoms with E-state index in [0.717, 1.165) is 20.2 Å². The number of hydrogen-bond donors (Lipinski definition) is 1. The molecule has 2 rings (SSSR count). The number of aromatic nitrogens is 2. The Morgan fingerprint density at radius 2 is 1.80 bits per heavy atom. The first-order chi connectivity index (χ1) is 9.36. The first-order valence-electron chi connectivity index (χ1n) is 6.17. The molecule has 0 aliphatic carbocycles. The number of aryl methyl sites for hydroxylation is 2. The summed E-state index contributed by atoms with van der Waals surface area (Å²) in [6.45, 7) is 5.55. The summed E-state index contributed by atoms with van der Waals surface area (Å²) in [5.41, 5.74) is 1.81. The highest BCUT2D eigenvalue weighted by molar-refractivity contribution is 9.10. The van der Waals surface area contributed by atoms with Gasteiger partial charge in [0.2, 0.25) is 0 Å². The monoisotopic (exact) mass is 356 g/mol. The fraction of sp³-hybridized carbons (Fsp3) is 0.286. The van der Waals surface area contributed by atoms with E-state index in [-0.39, 0.29) is 10.7 Å². The molecule has 106 valence electrons. The molecule has 0 spiro atoms. The lowest BCUT2D eigenvalue weighted by atomic mass is 10.1. The van der Waals surface area contributed by atoms with E-state index in [1.807, 2.05) is 32.9 Å². The van der Waals surface area contributed by atoms with Crippen LogP contribution in [0.15, 0.2) is 26.2 Å². The van der Waals surface area contributed by atoms with Crippen LogP contribution in [0.5, 0.6) is 0 Å². The van der Waals surface area contributed by atoms with E-state index < -0.39 is 5.69 Å². The predicted molar refractivity (Wildman–Crippen MR) is 84.2 cm³/mol. The van der Waals surface area contributed by atoms with Crippen molar-refractivity contribution in [3.05, 3.63) is 59.3 Å². The van der Waals surface area contributed by atoms with Crippen molar-refractivity contribution in [2.45, 2.75) is 27.2 Å². The van der Waals surface area contributed by atoms with Gasteiger partial charge in [-0.05, 0) is 43.5 Å². The predicted octanol–water partition coefficient (Wildman–Crippen LogP) is 3.12. The average molecular weight is 358 g/mol. The second kappa shape index (κ2) is 5.58. The molecule has 0 saturated heterocycles. The molecule has 0 saturated carbocycles. The number of aromatic amines is 1. The molecule has 0 atom stereocenters. The molecule has 1 N–H and O–H groups in total. The molecule has 4 nitrogen and oxygen atoms in total. The molecule has 0 bridgehead atoms. The zero-order valence-electron chi connectivity index (χ0n) is 11.4. The van der Waals surface area contributed by atoms with E-state index in [2.05, 4.69) is 20.9 Å². The number of halogens is 2. The Labute approximate surface area is 129 Å². The summed E-state index contributed by atoms with van der Waals surface area (Å²) < 4.78 is 2.06. The normalized spacial score (nSPS) is 10.8. The highest BCUT2D eigenvalue weighted by Gasteiger charge is 2.16. The van der Waals surface area contributed by atoms with Crippen molar-refractivity contribution in [1.29, 1.82) is 0 Å². The number of nitrogens with one attached hydrogen (secondary N) is 1. The molecule has 6 heteroatoms. The molecular weight excluding hydrogens is 344 g/mol. The van der Waals surface area contributed by atoms with Gasteiger partial charge in [-0.25, -0.2) is 9.36 Å². The lowest BCUT2D eigenvalue weighted by Crippen LogP contribution is -2.36. The maximum atomic E-state index is 12.5. The van der Waals surface area contributed by atoms with Gasteiger partial charge in [0.15, 0.2) is 0 Å². The third-order valence-electron chi connectivity index (χ3n) is 3.18. The molecule has 0 amide bonds. The molecule has 0 aliphatic heterocycles. The van der Waals surface area contributed by atoms with E-state index in [4.69, 9.17) is 11.6 Å². The third kappa shape index (κ3) is 2.47. The summed E-state index contributed by atoms with van der Waals surface area (Å²) in [4.78, 5) is 27.1. The molecule has 0 unspecified atom stereocenters. The van der Waals surface area contributed by atoms with Crippen LogP contribution in [0, 0.1) is 13.8 Å². The van der Waals surface area contributed by atoms with Gasteiger partial charge in [0.05, 0.1) is 11.3 Å². The first kappa shape index (κ1) is 15.1. The van der Waals surface area contributed by atoms with Crippen molar-refractivity contribution >= 4 is 27.5 Å². The Kier molecular flexibility index (Phi) is 4.20. The SMILES string of the molecule is CCc1c(Cl)[nH]c(=O)n(-c2c(C)cc(Br)cc2C)c1=O. The van der Waals surface area contributed by atoms with Crippen LogP contribution < -0.4 is 11.2 Å². The quantitative estimate of drug-likeness (QED) is 0.840. The van der Waals surface area contributed by atoms with Crippen molar-refractivity contribution in [3.63, 3.8) is 0 Å². The van der Waals surface area contributed by atoms with Crippen molar-refractivity contribution in [3.8, 4) is 5.69 Å². The highest BCUT2D eigenvalue weighted by atomic mass is 79.9. The Morgan fingerprint density at radius 1 is 1.25 bits per heavy atom. The van der Waals surface area contributed by atoms with Crippen LogP contribution in [-0.2, 0) is 6.42 Å². The second-order valence-corrected chi connectivity index (χ2v) is 5.90. The van der Waals surface area contributed by atoms with Crippen molar-refractivity contribution < 1.29 is 0 Å². The number of H-pyrrole nitrogens is 1. The molecule has 1 aromatic carbocycles. The largest absolute Gasteiger partial charge is 0.334 e. The van der Waals surface area contributed by atoms with Gasteiger partial charge in [-0.3, -0.25) is 9.78 Å². The fourth-order valence-corrected chi connectivity index (χ4v) is 3.29. The molecule has 1 aromatic heterocycles. The van der Waals surface area contributed by atoms with Crippen LogP contribution in [-0.4, -0.2) is 9.55 Å². The number of nitrogens with zero attached hydrogens (tertiary/aromatic N) is 1. The topological polar surface area (TPSA) is 54.9 Å². The average Bonchev–Trinajstić information content (AvgIpc) is 2.32. The molecule has 0 fully saturated rings. The standard InChI is InChI=1S/C14H14BrClN2O2/c1-4-10-12(16)17-14(20)18(13(10)19)11-7(2)5-9(15)6-8(11)3/h5-6H,4H2,1-3H3,(H,17,20). The van der Waals surface area contributed by atoms with Crippen molar-refractivity contribution in [1.82, 2.24) is 9.55 Å². The minimum atomic E-state index is -0.522. The van der Waals surface area contributed by atoms with Crippen LogP contribution in [0.1, 0.15) is 23.6 Å². The number of hydrogen-bond acceptors (Lipinski definition) is 2. The van der Waals surface area contributed by atoms with Crippen molar-refractivity contribution in [2.75, 3.05) is 0 Å². The van der Waals surface area contributed by atoms with Crippen LogP contribution in [0.4, 0.5) is 0 Å². The minimum Gasteiger partial charge on any atom is -0.297 e. The van der Waals surface area contributed by atoms with Gasteiger partial charge in [0.25, 0.3) is 5.56 Å². The Hall–Kier alpha value is -1.33. The van der Waals surface area contributed by atoms with Crippen LogP contribution in [0.25, 0.3) is 5.69 Å². The summed E-state index contributed by atoms with van der Waals surface area (Å²) in [6.07, 6.45) is 0.461. The highest BCUT2D eigenvalue weighted by Crippen LogP contribution is 2.22. The van der Waals surface area contributed by atoms with Crippen LogP contribution in [0.3, 0.4) is 0 Å². The molecular formula is C14H14BrClN2O2. The Bertz CT molecular complexity index is 770. The van der Waals surface area contributed by atoms with Gasteiger partial charge < -0.3 is 0 Å². The van der Waals surface area contributed by atoms with Gasteiger partial charge in [0, 0.05) is 4.47 Å². The first-order valence-corrected chi connectivity index (χ1v) is 7.34. The van der Waals surface area contributed by atoms with Crippen LogP contribution in [0.2, 0.25) is 5.15 Å². The van der Waals surface area contributed by atoms with E-state index >= 15 is 0 Å². The Balaban J connectivity index is 2.91. The zero-order chi connectivity index (χ0) is 15.0. The summed E-state index contributed by atoms with van der Waals surface area (Å²) in [6, 6.07) is 3.74. The summed E-state index contributed by atoms with van der Waals surface area (Å²) in [5, 5.41) is 0.117. The smallest absolute Gasteiger partial charge is 0.297 e. The summed E-state index contributed by atoms with van der Waals surface area (Å²) >= 11 is 9.32. The van der Waals surface area contributed by atoms with Gasteiger partial charge in [-0.1, -0.05) is 34.5 Å². The number of rotatable bonds is 2. The van der Waals surface area contributed by atoms with Crippen LogP contribution >= 0.6 is 27.5 Å². The molecule has 0 radical (unpaired) electrons. The van der Waals surface area contributed by atoms with E-state index in [1.54, 1.807) is 0 Å². The fourth-order valence-electron chi connectivity index (χ4n) is 2.31. The minimum absolute atomic E-state index is 0.117. The van der Waals surface area contributed by atoms with Gasteiger partial charge in [-0.15, -0.1) is 0 Å².